The van der Waals surface area contributed by atoms with Crippen LogP contribution >= 0.6 is 11.3 Å². The van der Waals surface area contributed by atoms with Gasteiger partial charge in [0.25, 0.3) is 0 Å². The molecule has 0 amide bonds. The van der Waals surface area contributed by atoms with Crippen molar-refractivity contribution < 1.29 is 15.0 Å². The zero-order chi connectivity index (χ0) is 17.6. The molecule has 0 aliphatic carbocycles. The molecule has 4 heteroatoms. The first-order valence-electron chi connectivity index (χ1n) is 9.61. The normalized spacial score (nSPS) is 12.4. The summed E-state index contributed by atoms with van der Waals surface area (Å²) in [6.45, 7) is 2.39. The van der Waals surface area contributed by atoms with Crippen molar-refractivity contribution in [3.63, 3.8) is 0 Å². The summed E-state index contributed by atoms with van der Waals surface area (Å²) in [7, 11) is 0. The summed E-state index contributed by atoms with van der Waals surface area (Å²) >= 11 is 1.66. The third-order valence-electron chi connectivity index (χ3n) is 4.50. The zero-order valence-corrected chi connectivity index (χ0v) is 16.0. The Bertz CT molecular complexity index is 442. The lowest BCUT2D eigenvalue weighted by molar-refractivity contribution is -0.138. The Labute approximate surface area is 151 Å². The molecule has 1 heterocycles. The van der Waals surface area contributed by atoms with E-state index in [0.717, 1.165) is 17.7 Å². The summed E-state index contributed by atoms with van der Waals surface area (Å²) in [4.78, 5) is 13.7. The number of carbonyl (C=O) groups is 1. The van der Waals surface area contributed by atoms with Gasteiger partial charge in [-0.1, -0.05) is 51.9 Å². The molecule has 1 aromatic rings. The van der Waals surface area contributed by atoms with Crippen molar-refractivity contribution in [3.05, 3.63) is 21.9 Å². The van der Waals surface area contributed by atoms with Crippen molar-refractivity contribution in [2.45, 2.75) is 89.9 Å². The third kappa shape index (κ3) is 8.84. The highest BCUT2D eigenvalue weighted by molar-refractivity contribution is 7.12. The van der Waals surface area contributed by atoms with E-state index in [4.69, 9.17) is 5.11 Å². The van der Waals surface area contributed by atoms with E-state index in [1.165, 1.54) is 56.2 Å². The van der Waals surface area contributed by atoms with Crippen LogP contribution in [0.1, 0.15) is 93.2 Å². The van der Waals surface area contributed by atoms with Crippen molar-refractivity contribution in [1.82, 2.24) is 0 Å². The SMILES string of the molecule is CCCCCCCCCCc1ccc(C(CCCCO)C(=O)O)s1. The number of hydrogen-bond donors (Lipinski definition) is 2. The molecule has 0 aromatic carbocycles. The molecule has 1 rings (SSSR count). The Morgan fingerprint density at radius 2 is 1.67 bits per heavy atom. The van der Waals surface area contributed by atoms with Gasteiger partial charge >= 0.3 is 5.97 Å². The fourth-order valence-electron chi connectivity index (χ4n) is 3.00. The molecule has 0 aliphatic rings. The fraction of sp³-hybridized carbons (Fsp3) is 0.750. The van der Waals surface area contributed by atoms with Gasteiger partial charge in [-0.25, -0.2) is 0 Å². The molecule has 0 fully saturated rings. The van der Waals surface area contributed by atoms with Gasteiger partial charge in [0.05, 0.1) is 5.92 Å². The molecule has 1 aromatic heterocycles. The fourth-order valence-corrected chi connectivity index (χ4v) is 4.18. The van der Waals surface area contributed by atoms with Gasteiger partial charge < -0.3 is 10.2 Å². The molecule has 1 unspecified atom stereocenters. The van der Waals surface area contributed by atoms with Crippen LogP contribution in [0.15, 0.2) is 12.1 Å². The number of aliphatic hydroxyl groups is 1. The Kier molecular flexibility index (Phi) is 11.8. The maximum absolute atomic E-state index is 11.5. The molecule has 2 N–H and O–H groups in total. The molecule has 0 aliphatic heterocycles. The first-order chi connectivity index (χ1) is 11.7. The molecule has 1 atom stereocenters. The summed E-state index contributed by atoms with van der Waals surface area (Å²) in [6, 6.07) is 4.09. The van der Waals surface area contributed by atoms with Crippen molar-refractivity contribution >= 4 is 17.3 Å². The maximum atomic E-state index is 11.5. The molecule has 0 spiro atoms. The van der Waals surface area contributed by atoms with Crippen molar-refractivity contribution in [2.75, 3.05) is 6.61 Å². The van der Waals surface area contributed by atoms with Gasteiger partial charge in [0.2, 0.25) is 0 Å². The summed E-state index contributed by atoms with van der Waals surface area (Å²) in [5, 5.41) is 18.3. The molecule has 0 saturated carbocycles. The number of aryl methyl sites for hydroxylation is 1. The molecule has 0 saturated heterocycles. The van der Waals surface area contributed by atoms with E-state index in [1.807, 2.05) is 6.07 Å². The topological polar surface area (TPSA) is 57.5 Å². The molecule has 24 heavy (non-hydrogen) atoms. The monoisotopic (exact) mass is 354 g/mol. The molecular weight excluding hydrogens is 320 g/mol. The summed E-state index contributed by atoms with van der Waals surface area (Å²) in [6.07, 6.45) is 13.7. The standard InChI is InChI=1S/C20H34O3S/c1-2-3-4-5-6-7-8-9-12-17-14-15-19(24-17)18(20(22)23)13-10-11-16-21/h14-15,18,21H,2-13,16H2,1H3,(H,22,23). The van der Waals surface area contributed by atoms with E-state index in [-0.39, 0.29) is 6.61 Å². The predicted octanol–water partition coefficient (Wildman–Crippen LogP) is 5.76. The first kappa shape index (κ1) is 21.2. The quantitative estimate of drug-likeness (QED) is 0.394. The first-order valence-corrected chi connectivity index (χ1v) is 10.4. The van der Waals surface area contributed by atoms with E-state index in [2.05, 4.69) is 13.0 Å². The second-order valence-electron chi connectivity index (χ2n) is 6.64. The molecular formula is C20H34O3S. The lowest BCUT2D eigenvalue weighted by Crippen LogP contribution is -2.10. The lowest BCUT2D eigenvalue weighted by Gasteiger charge is -2.09. The van der Waals surface area contributed by atoms with Crippen LogP contribution in [0.3, 0.4) is 0 Å². The van der Waals surface area contributed by atoms with E-state index >= 15 is 0 Å². The number of aliphatic carboxylic acids is 1. The van der Waals surface area contributed by atoms with Gasteiger partial charge in [-0.15, -0.1) is 11.3 Å². The second-order valence-corrected chi connectivity index (χ2v) is 7.84. The van der Waals surface area contributed by atoms with Gasteiger partial charge in [0.1, 0.15) is 0 Å². The van der Waals surface area contributed by atoms with E-state index in [1.54, 1.807) is 11.3 Å². The zero-order valence-electron chi connectivity index (χ0n) is 15.1. The maximum Gasteiger partial charge on any atom is 0.311 e. The number of thiophene rings is 1. The average Bonchev–Trinajstić information content (AvgIpc) is 3.02. The minimum Gasteiger partial charge on any atom is -0.481 e. The minimum atomic E-state index is -0.742. The highest BCUT2D eigenvalue weighted by Crippen LogP contribution is 2.30. The molecule has 138 valence electrons. The Morgan fingerprint density at radius 1 is 1.00 bits per heavy atom. The Balaban J connectivity index is 2.27. The summed E-state index contributed by atoms with van der Waals surface area (Å²) < 4.78 is 0. The second kappa shape index (κ2) is 13.4. The minimum absolute atomic E-state index is 0.139. The highest BCUT2D eigenvalue weighted by Gasteiger charge is 2.21. The van der Waals surface area contributed by atoms with Crippen LogP contribution in [-0.2, 0) is 11.2 Å². The largest absolute Gasteiger partial charge is 0.481 e. The highest BCUT2D eigenvalue weighted by atomic mass is 32.1. The number of carboxylic acid groups (broad SMARTS) is 1. The third-order valence-corrected chi connectivity index (χ3v) is 5.76. The van der Waals surface area contributed by atoms with Crippen LogP contribution in [0.2, 0.25) is 0 Å². The lowest BCUT2D eigenvalue weighted by atomic mass is 10.0. The van der Waals surface area contributed by atoms with Crippen LogP contribution in [-0.4, -0.2) is 22.8 Å². The number of hydrogen-bond acceptors (Lipinski definition) is 3. The van der Waals surface area contributed by atoms with E-state index in [0.29, 0.717) is 12.8 Å². The molecule has 0 bridgehead atoms. The van der Waals surface area contributed by atoms with E-state index < -0.39 is 11.9 Å². The number of aliphatic hydroxyl groups excluding tert-OH is 1. The predicted molar refractivity (Wildman–Crippen MR) is 102 cm³/mol. The van der Waals surface area contributed by atoms with Gasteiger partial charge in [-0.05, 0) is 44.2 Å². The van der Waals surface area contributed by atoms with Crippen molar-refractivity contribution in [1.29, 1.82) is 0 Å². The number of rotatable bonds is 15. The van der Waals surface area contributed by atoms with Gasteiger partial charge in [-0.2, -0.15) is 0 Å². The van der Waals surface area contributed by atoms with Crippen LogP contribution in [0.5, 0.6) is 0 Å². The van der Waals surface area contributed by atoms with Crippen LogP contribution < -0.4 is 0 Å². The number of unbranched alkanes of at least 4 members (excludes halogenated alkanes) is 8. The van der Waals surface area contributed by atoms with Gasteiger partial charge in [-0.3, -0.25) is 4.79 Å². The van der Waals surface area contributed by atoms with E-state index in [9.17, 15) is 9.90 Å². The summed E-state index contributed by atoms with van der Waals surface area (Å²) in [5.74, 6) is -1.15. The van der Waals surface area contributed by atoms with Gasteiger partial charge in [0, 0.05) is 16.4 Å². The van der Waals surface area contributed by atoms with Crippen LogP contribution in [0.25, 0.3) is 0 Å². The Hall–Kier alpha value is -0.870. The van der Waals surface area contributed by atoms with Gasteiger partial charge in [0.15, 0.2) is 0 Å². The van der Waals surface area contributed by atoms with Crippen LogP contribution in [0, 0.1) is 0 Å². The smallest absolute Gasteiger partial charge is 0.311 e. The summed E-state index contributed by atoms with van der Waals surface area (Å²) in [5.41, 5.74) is 0. The van der Waals surface area contributed by atoms with Crippen molar-refractivity contribution in [2.24, 2.45) is 0 Å². The number of carboxylic acids is 1. The average molecular weight is 355 g/mol. The Morgan fingerprint density at radius 3 is 2.29 bits per heavy atom. The molecule has 3 nitrogen and oxygen atoms in total. The van der Waals surface area contributed by atoms with Crippen LogP contribution in [0.4, 0.5) is 0 Å². The van der Waals surface area contributed by atoms with Crippen molar-refractivity contribution in [3.8, 4) is 0 Å². The molecule has 0 radical (unpaired) electrons.